The van der Waals surface area contributed by atoms with Gasteiger partial charge in [-0.2, -0.15) is 13.2 Å². The Morgan fingerprint density at radius 1 is 1.29 bits per heavy atom. The third kappa shape index (κ3) is 2.52. The van der Waals surface area contributed by atoms with Crippen molar-refractivity contribution in [2.45, 2.75) is 6.18 Å². The number of alkyl halides is 3. The van der Waals surface area contributed by atoms with Gasteiger partial charge in [-0.05, 0) is 28.1 Å². The molecule has 2 nitrogen and oxygen atoms in total. The number of imidazole rings is 1. The molecule has 0 saturated carbocycles. The lowest BCUT2D eigenvalue weighted by atomic mass is 10.1. The quantitative estimate of drug-likeness (QED) is 0.782. The van der Waals surface area contributed by atoms with Gasteiger partial charge in [0.2, 0.25) is 0 Å². The van der Waals surface area contributed by atoms with Gasteiger partial charge in [-0.15, -0.1) is 0 Å². The van der Waals surface area contributed by atoms with Crippen LogP contribution in [0.2, 0.25) is 0 Å². The van der Waals surface area contributed by atoms with Gasteiger partial charge < -0.3 is 4.57 Å². The Kier molecular flexibility index (Phi) is 2.99. The van der Waals surface area contributed by atoms with Gasteiger partial charge in [-0.3, -0.25) is 0 Å². The molecule has 6 heteroatoms. The summed E-state index contributed by atoms with van der Waals surface area (Å²) >= 11 is 3.18. The van der Waals surface area contributed by atoms with Crippen LogP contribution in [0.15, 0.2) is 35.1 Å². The molecule has 0 saturated heterocycles. The van der Waals surface area contributed by atoms with Crippen molar-refractivity contribution >= 4 is 15.9 Å². The summed E-state index contributed by atoms with van der Waals surface area (Å²) in [6, 6.07) is 5.11. The first kappa shape index (κ1) is 12.2. The van der Waals surface area contributed by atoms with Crippen molar-refractivity contribution in [3.63, 3.8) is 0 Å². The van der Waals surface area contributed by atoms with Crippen molar-refractivity contribution in [2.75, 3.05) is 0 Å². The summed E-state index contributed by atoms with van der Waals surface area (Å²) in [5.74, 6) is 0.489. The molecule has 2 rings (SSSR count). The molecule has 0 atom stereocenters. The normalized spacial score (nSPS) is 11.8. The number of benzene rings is 1. The minimum Gasteiger partial charge on any atom is -0.333 e. The molecule has 0 fully saturated rings. The summed E-state index contributed by atoms with van der Waals surface area (Å²) in [6.45, 7) is 0. The molecule has 0 radical (unpaired) electrons. The molecule has 1 aromatic carbocycles. The molecule has 0 aliphatic heterocycles. The van der Waals surface area contributed by atoms with E-state index < -0.39 is 11.7 Å². The van der Waals surface area contributed by atoms with Crippen LogP contribution in [0.4, 0.5) is 13.2 Å². The van der Waals surface area contributed by atoms with Crippen LogP contribution < -0.4 is 0 Å². The Morgan fingerprint density at radius 3 is 2.53 bits per heavy atom. The smallest absolute Gasteiger partial charge is 0.333 e. The fourth-order valence-electron chi connectivity index (χ4n) is 1.53. The molecule has 2 aromatic rings. The molecular formula is C11H8BrF3N2. The highest BCUT2D eigenvalue weighted by Crippen LogP contribution is 2.32. The molecule has 0 bridgehead atoms. The summed E-state index contributed by atoms with van der Waals surface area (Å²) in [5, 5.41) is 0. The van der Waals surface area contributed by atoms with Gasteiger partial charge in [0.05, 0.1) is 5.56 Å². The van der Waals surface area contributed by atoms with E-state index in [0.717, 1.165) is 12.1 Å². The van der Waals surface area contributed by atoms with Crippen molar-refractivity contribution in [1.29, 1.82) is 0 Å². The van der Waals surface area contributed by atoms with Gasteiger partial charge in [0.15, 0.2) is 0 Å². The Labute approximate surface area is 104 Å². The highest BCUT2D eigenvalue weighted by Gasteiger charge is 2.30. The second-order valence-electron chi connectivity index (χ2n) is 3.58. The first-order chi connectivity index (χ1) is 7.88. The topological polar surface area (TPSA) is 17.8 Å². The lowest BCUT2D eigenvalue weighted by Gasteiger charge is -2.08. The van der Waals surface area contributed by atoms with Gasteiger partial charge in [0.25, 0.3) is 0 Å². The Hall–Kier alpha value is -1.30. The fraction of sp³-hybridized carbons (Fsp3) is 0.182. The lowest BCUT2D eigenvalue weighted by molar-refractivity contribution is -0.137. The second-order valence-corrected chi connectivity index (χ2v) is 4.39. The molecule has 0 N–H and O–H groups in total. The van der Waals surface area contributed by atoms with E-state index in [4.69, 9.17) is 0 Å². The number of hydrogen-bond acceptors (Lipinski definition) is 1. The van der Waals surface area contributed by atoms with Crippen LogP contribution in [0.5, 0.6) is 0 Å². The van der Waals surface area contributed by atoms with E-state index in [1.165, 1.54) is 6.07 Å². The number of aryl methyl sites for hydroxylation is 1. The summed E-state index contributed by atoms with van der Waals surface area (Å²) in [7, 11) is 1.73. The zero-order valence-corrected chi connectivity index (χ0v) is 10.4. The van der Waals surface area contributed by atoms with Gasteiger partial charge in [-0.25, -0.2) is 4.98 Å². The predicted octanol–water partition coefficient (Wildman–Crippen LogP) is 3.87. The molecule has 17 heavy (non-hydrogen) atoms. The Balaban J connectivity index is 2.50. The van der Waals surface area contributed by atoms with E-state index in [2.05, 4.69) is 20.9 Å². The van der Waals surface area contributed by atoms with Crippen molar-refractivity contribution in [3.8, 4) is 11.4 Å². The van der Waals surface area contributed by atoms with Crippen LogP contribution in [0.25, 0.3) is 11.4 Å². The van der Waals surface area contributed by atoms with E-state index >= 15 is 0 Å². The fourth-order valence-corrected chi connectivity index (χ4v) is 2.01. The molecule has 90 valence electrons. The maximum absolute atomic E-state index is 12.6. The third-order valence-electron chi connectivity index (χ3n) is 2.30. The van der Waals surface area contributed by atoms with Crippen molar-refractivity contribution in [1.82, 2.24) is 9.55 Å². The van der Waals surface area contributed by atoms with E-state index in [1.54, 1.807) is 23.9 Å². The average molecular weight is 305 g/mol. The van der Waals surface area contributed by atoms with Crippen molar-refractivity contribution in [2.24, 2.45) is 7.05 Å². The molecule has 0 aliphatic carbocycles. The predicted molar refractivity (Wildman–Crippen MR) is 61.3 cm³/mol. The van der Waals surface area contributed by atoms with Crippen LogP contribution in [0.3, 0.4) is 0 Å². The van der Waals surface area contributed by atoms with Crippen LogP contribution >= 0.6 is 15.9 Å². The molecule has 0 amide bonds. The Bertz CT molecular complexity index is 546. The summed E-state index contributed by atoms with van der Waals surface area (Å²) in [5.41, 5.74) is -0.234. The standard InChI is InChI=1S/C11H8BrF3N2/c1-17-6-9(12)16-10(17)7-3-2-4-8(5-7)11(13,14)15/h2-6H,1H3. The maximum Gasteiger partial charge on any atom is 0.416 e. The van der Waals surface area contributed by atoms with E-state index in [0.29, 0.717) is 16.0 Å². The first-order valence-electron chi connectivity index (χ1n) is 4.74. The Morgan fingerprint density at radius 2 is 2.00 bits per heavy atom. The van der Waals surface area contributed by atoms with Gasteiger partial charge in [0.1, 0.15) is 10.4 Å². The highest BCUT2D eigenvalue weighted by atomic mass is 79.9. The molecule has 1 aromatic heterocycles. The van der Waals surface area contributed by atoms with Gasteiger partial charge in [-0.1, -0.05) is 12.1 Å². The summed E-state index contributed by atoms with van der Waals surface area (Å²) in [6.07, 6.45) is -2.64. The monoisotopic (exact) mass is 304 g/mol. The average Bonchev–Trinajstić information content (AvgIpc) is 2.57. The maximum atomic E-state index is 12.6. The van der Waals surface area contributed by atoms with Crippen LogP contribution in [0.1, 0.15) is 5.56 Å². The van der Waals surface area contributed by atoms with E-state index in [1.807, 2.05) is 0 Å². The van der Waals surface area contributed by atoms with Crippen LogP contribution in [-0.2, 0) is 13.2 Å². The molecular weight excluding hydrogens is 297 g/mol. The van der Waals surface area contributed by atoms with Crippen molar-refractivity contribution in [3.05, 3.63) is 40.6 Å². The minimum absolute atomic E-state index is 0.438. The summed E-state index contributed by atoms with van der Waals surface area (Å²) < 4.78 is 39.9. The number of halogens is 4. The number of nitrogens with zero attached hydrogens (tertiary/aromatic N) is 2. The van der Waals surface area contributed by atoms with E-state index in [9.17, 15) is 13.2 Å². The third-order valence-corrected chi connectivity index (χ3v) is 2.68. The summed E-state index contributed by atoms with van der Waals surface area (Å²) in [4.78, 5) is 4.12. The molecule has 0 unspecified atom stereocenters. The number of hydrogen-bond donors (Lipinski definition) is 0. The van der Waals surface area contributed by atoms with Crippen LogP contribution in [-0.4, -0.2) is 9.55 Å². The SMILES string of the molecule is Cn1cc(Br)nc1-c1cccc(C(F)(F)F)c1. The number of aromatic nitrogens is 2. The molecule has 0 spiro atoms. The molecule has 1 heterocycles. The molecule has 0 aliphatic rings. The van der Waals surface area contributed by atoms with Gasteiger partial charge in [0, 0.05) is 18.8 Å². The zero-order valence-electron chi connectivity index (χ0n) is 8.79. The van der Waals surface area contributed by atoms with Crippen LogP contribution in [0, 0.1) is 0 Å². The zero-order chi connectivity index (χ0) is 12.6. The highest BCUT2D eigenvalue weighted by molar-refractivity contribution is 9.10. The number of rotatable bonds is 1. The largest absolute Gasteiger partial charge is 0.416 e. The minimum atomic E-state index is -4.33. The van der Waals surface area contributed by atoms with E-state index in [-0.39, 0.29) is 0 Å². The lowest BCUT2D eigenvalue weighted by Crippen LogP contribution is -2.05. The second kappa shape index (κ2) is 4.18. The first-order valence-corrected chi connectivity index (χ1v) is 5.54. The van der Waals surface area contributed by atoms with Gasteiger partial charge >= 0.3 is 6.18 Å². The van der Waals surface area contributed by atoms with Crippen molar-refractivity contribution < 1.29 is 13.2 Å².